The molecule has 2 aromatic heterocycles. The number of hydrogen-bond donors (Lipinski definition) is 0. The van der Waals surface area contributed by atoms with Gasteiger partial charge in [-0.1, -0.05) is 25.1 Å². The summed E-state index contributed by atoms with van der Waals surface area (Å²) in [6.07, 6.45) is 5.03. The summed E-state index contributed by atoms with van der Waals surface area (Å²) in [5.74, 6) is 0. The number of aromatic nitrogens is 3. The first-order valence-electron chi connectivity index (χ1n) is 7.45. The molecule has 0 aliphatic carbocycles. The van der Waals surface area contributed by atoms with E-state index in [1.165, 1.54) is 10.6 Å². The minimum Gasteiger partial charge on any atom is -0.296 e. The first kappa shape index (κ1) is 14.9. The molecule has 0 saturated carbocycles. The fourth-order valence-electron chi connectivity index (χ4n) is 2.39. The zero-order chi connectivity index (χ0) is 15.4. The molecule has 4 nitrogen and oxygen atoms in total. The van der Waals surface area contributed by atoms with E-state index in [0.29, 0.717) is 0 Å². The second-order valence-corrected chi connectivity index (χ2v) is 6.33. The minimum absolute atomic E-state index is 0.867. The van der Waals surface area contributed by atoms with Crippen molar-refractivity contribution in [1.82, 2.24) is 19.7 Å². The van der Waals surface area contributed by atoms with Gasteiger partial charge in [0.15, 0.2) is 0 Å². The summed E-state index contributed by atoms with van der Waals surface area (Å²) in [6, 6.07) is 10.2. The quantitative estimate of drug-likeness (QED) is 0.698. The van der Waals surface area contributed by atoms with Crippen LogP contribution in [0.15, 0.2) is 48.1 Å². The Kier molecular flexibility index (Phi) is 4.65. The molecule has 0 N–H and O–H groups in total. The zero-order valence-corrected chi connectivity index (χ0v) is 13.8. The van der Waals surface area contributed by atoms with E-state index in [9.17, 15) is 0 Å². The van der Waals surface area contributed by atoms with Gasteiger partial charge in [-0.2, -0.15) is 5.10 Å². The van der Waals surface area contributed by atoms with Crippen molar-refractivity contribution in [2.45, 2.75) is 26.4 Å². The van der Waals surface area contributed by atoms with Gasteiger partial charge in [0.05, 0.1) is 22.6 Å². The van der Waals surface area contributed by atoms with Gasteiger partial charge >= 0.3 is 0 Å². The molecule has 3 aromatic rings. The second-order valence-electron chi connectivity index (χ2n) is 5.39. The summed E-state index contributed by atoms with van der Waals surface area (Å²) in [7, 11) is 2.12. The molecule has 0 unspecified atom stereocenters. The topological polar surface area (TPSA) is 34.0 Å². The molecular formula is C17H20N4S. The van der Waals surface area contributed by atoms with Gasteiger partial charge in [0.2, 0.25) is 0 Å². The summed E-state index contributed by atoms with van der Waals surface area (Å²) >= 11 is 1.74. The van der Waals surface area contributed by atoms with Crippen LogP contribution in [0.2, 0.25) is 0 Å². The lowest BCUT2D eigenvalue weighted by Crippen LogP contribution is -2.17. The SMILES string of the molecule is CCc1nc(CN(C)Cc2cnn(-c3ccccc3)c2)cs1. The number of nitrogens with zero attached hydrogens (tertiary/aromatic N) is 4. The van der Waals surface area contributed by atoms with Crippen molar-refractivity contribution >= 4 is 11.3 Å². The summed E-state index contributed by atoms with van der Waals surface area (Å²) < 4.78 is 1.92. The molecule has 5 heteroatoms. The van der Waals surface area contributed by atoms with Crippen LogP contribution in [0.4, 0.5) is 0 Å². The van der Waals surface area contributed by atoms with Crippen molar-refractivity contribution in [1.29, 1.82) is 0 Å². The van der Waals surface area contributed by atoms with Crippen LogP contribution < -0.4 is 0 Å². The normalized spacial score (nSPS) is 11.2. The van der Waals surface area contributed by atoms with Gasteiger partial charge in [-0.15, -0.1) is 11.3 Å². The van der Waals surface area contributed by atoms with E-state index in [2.05, 4.69) is 52.7 Å². The molecule has 0 aliphatic heterocycles. The standard InChI is InChI=1S/C17H20N4S/c1-3-17-19-15(13-22-17)12-20(2)10-14-9-18-21(11-14)16-7-5-4-6-8-16/h4-9,11,13H,3,10,12H2,1-2H3. The lowest BCUT2D eigenvalue weighted by molar-refractivity contribution is 0.315. The highest BCUT2D eigenvalue weighted by atomic mass is 32.1. The maximum absolute atomic E-state index is 4.62. The smallest absolute Gasteiger partial charge is 0.0926 e. The average molecular weight is 312 g/mol. The molecule has 0 radical (unpaired) electrons. The first-order valence-corrected chi connectivity index (χ1v) is 8.33. The van der Waals surface area contributed by atoms with Crippen LogP contribution in [0.5, 0.6) is 0 Å². The molecule has 0 atom stereocenters. The number of hydrogen-bond acceptors (Lipinski definition) is 4. The Balaban J connectivity index is 1.62. The number of aryl methyl sites for hydroxylation is 1. The highest BCUT2D eigenvalue weighted by molar-refractivity contribution is 7.09. The van der Waals surface area contributed by atoms with Crippen LogP contribution in [0.1, 0.15) is 23.2 Å². The lowest BCUT2D eigenvalue weighted by atomic mass is 10.3. The number of para-hydroxylation sites is 1. The van der Waals surface area contributed by atoms with Gasteiger partial charge in [0.25, 0.3) is 0 Å². The van der Waals surface area contributed by atoms with Crippen molar-refractivity contribution in [3.63, 3.8) is 0 Å². The molecule has 0 amide bonds. The molecule has 22 heavy (non-hydrogen) atoms. The maximum Gasteiger partial charge on any atom is 0.0926 e. The van der Waals surface area contributed by atoms with E-state index in [4.69, 9.17) is 0 Å². The summed E-state index contributed by atoms with van der Waals surface area (Å²) in [5.41, 5.74) is 3.44. The lowest BCUT2D eigenvalue weighted by Gasteiger charge is -2.13. The Bertz CT molecular complexity index is 717. The summed E-state index contributed by atoms with van der Waals surface area (Å²) in [4.78, 5) is 6.88. The van der Waals surface area contributed by atoms with E-state index in [0.717, 1.165) is 30.9 Å². The molecule has 3 rings (SSSR count). The third kappa shape index (κ3) is 3.61. The van der Waals surface area contributed by atoms with Crippen molar-refractivity contribution < 1.29 is 0 Å². The molecule has 0 spiro atoms. The van der Waals surface area contributed by atoms with Gasteiger partial charge < -0.3 is 0 Å². The second kappa shape index (κ2) is 6.85. The Morgan fingerprint density at radius 1 is 1.18 bits per heavy atom. The summed E-state index contributed by atoms with van der Waals surface area (Å²) in [6.45, 7) is 3.88. The highest BCUT2D eigenvalue weighted by Gasteiger charge is 2.07. The zero-order valence-electron chi connectivity index (χ0n) is 12.9. The molecule has 0 bridgehead atoms. The average Bonchev–Trinajstić information content (AvgIpc) is 3.17. The predicted octanol–water partition coefficient (Wildman–Crippen LogP) is 3.52. The fourth-order valence-corrected chi connectivity index (χ4v) is 3.13. The Morgan fingerprint density at radius 2 is 2.00 bits per heavy atom. The Labute approximate surface area is 135 Å². The first-order chi connectivity index (χ1) is 10.7. The van der Waals surface area contributed by atoms with Crippen molar-refractivity contribution in [2.24, 2.45) is 0 Å². The van der Waals surface area contributed by atoms with E-state index in [-0.39, 0.29) is 0 Å². The highest BCUT2D eigenvalue weighted by Crippen LogP contribution is 2.14. The van der Waals surface area contributed by atoms with Crippen LogP contribution in [-0.2, 0) is 19.5 Å². The molecule has 114 valence electrons. The van der Waals surface area contributed by atoms with E-state index >= 15 is 0 Å². The van der Waals surface area contributed by atoms with Crippen molar-refractivity contribution in [3.05, 3.63) is 64.4 Å². The van der Waals surface area contributed by atoms with Gasteiger partial charge in [0.1, 0.15) is 0 Å². The van der Waals surface area contributed by atoms with E-state index < -0.39 is 0 Å². The maximum atomic E-state index is 4.62. The van der Waals surface area contributed by atoms with Crippen LogP contribution in [0.25, 0.3) is 5.69 Å². The number of rotatable bonds is 6. The van der Waals surface area contributed by atoms with Gasteiger partial charge in [-0.25, -0.2) is 9.67 Å². The van der Waals surface area contributed by atoms with Gasteiger partial charge in [-0.3, -0.25) is 4.90 Å². The Hall–Kier alpha value is -1.98. The predicted molar refractivity (Wildman–Crippen MR) is 90.2 cm³/mol. The molecule has 0 saturated heterocycles. The van der Waals surface area contributed by atoms with E-state index in [1.807, 2.05) is 29.1 Å². The molecular weight excluding hydrogens is 292 g/mol. The number of thiazole rings is 1. The van der Waals surface area contributed by atoms with Crippen LogP contribution in [-0.4, -0.2) is 26.7 Å². The largest absolute Gasteiger partial charge is 0.296 e. The van der Waals surface area contributed by atoms with Crippen LogP contribution in [0, 0.1) is 0 Å². The monoisotopic (exact) mass is 312 g/mol. The third-order valence-electron chi connectivity index (χ3n) is 3.44. The fraction of sp³-hybridized carbons (Fsp3) is 0.294. The van der Waals surface area contributed by atoms with Gasteiger partial charge in [-0.05, 0) is 25.6 Å². The molecule has 1 aromatic carbocycles. The van der Waals surface area contributed by atoms with E-state index in [1.54, 1.807) is 11.3 Å². The molecule has 2 heterocycles. The molecule has 0 aliphatic rings. The summed E-state index contributed by atoms with van der Waals surface area (Å²) in [5, 5.41) is 7.80. The van der Waals surface area contributed by atoms with Crippen molar-refractivity contribution in [3.8, 4) is 5.69 Å². The Morgan fingerprint density at radius 3 is 2.73 bits per heavy atom. The van der Waals surface area contributed by atoms with Crippen LogP contribution >= 0.6 is 11.3 Å². The number of benzene rings is 1. The van der Waals surface area contributed by atoms with Crippen LogP contribution in [0.3, 0.4) is 0 Å². The van der Waals surface area contributed by atoms with Gasteiger partial charge in [0, 0.05) is 30.2 Å². The molecule has 0 fully saturated rings. The minimum atomic E-state index is 0.867. The third-order valence-corrected chi connectivity index (χ3v) is 4.48. The van der Waals surface area contributed by atoms with Crippen molar-refractivity contribution in [2.75, 3.05) is 7.05 Å².